The number of benzene rings is 1. The van der Waals surface area contributed by atoms with Crippen molar-refractivity contribution in [3.8, 4) is 5.75 Å². The minimum atomic E-state index is -0.461. The van der Waals surface area contributed by atoms with Gasteiger partial charge in [0.2, 0.25) is 0 Å². The van der Waals surface area contributed by atoms with E-state index in [1.54, 1.807) is 6.92 Å². The molecule has 1 N–H and O–H groups in total. The van der Waals surface area contributed by atoms with E-state index in [1.807, 2.05) is 30.0 Å². The van der Waals surface area contributed by atoms with Crippen molar-refractivity contribution in [3.05, 3.63) is 28.2 Å². The summed E-state index contributed by atoms with van der Waals surface area (Å²) in [5.74, 6) is 0.760. The highest BCUT2D eigenvalue weighted by Crippen LogP contribution is 2.26. The zero-order chi connectivity index (χ0) is 13.8. The summed E-state index contributed by atoms with van der Waals surface area (Å²) in [4.78, 5) is 14.1. The minimum Gasteiger partial charge on any atom is -0.480 e. The largest absolute Gasteiger partial charge is 0.480 e. The third-order valence-electron chi connectivity index (χ3n) is 3.17. The average molecular weight is 364 g/mol. The summed E-state index contributed by atoms with van der Waals surface area (Å²) in [6.45, 7) is 7.03. The van der Waals surface area contributed by atoms with Crippen molar-refractivity contribution >= 4 is 34.2 Å². The van der Waals surface area contributed by atoms with Gasteiger partial charge in [0.05, 0.1) is 4.47 Å². The molecule has 0 radical (unpaired) electrons. The molecule has 1 heterocycles. The molecule has 1 aliphatic heterocycles. The molecule has 2 rings (SSSR count). The van der Waals surface area contributed by atoms with Gasteiger partial charge >= 0.3 is 0 Å². The van der Waals surface area contributed by atoms with Gasteiger partial charge in [0.25, 0.3) is 5.91 Å². The molecule has 0 aliphatic carbocycles. The van der Waals surface area contributed by atoms with E-state index in [4.69, 9.17) is 4.74 Å². The average Bonchev–Trinajstić information content (AvgIpc) is 2.42. The molecule has 1 atom stereocenters. The van der Waals surface area contributed by atoms with Gasteiger partial charge in [-0.25, -0.2) is 0 Å². The Labute approximate surface area is 134 Å². The predicted molar refractivity (Wildman–Crippen MR) is 85.7 cm³/mol. The summed E-state index contributed by atoms with van der Waals surface area (Å²) < 4.78 is 6.64. The van der Waals surface area contributed by atoms with Crippen LogP contribution in [0.25, 0.3) is 0 Å². The predicted octanol–water partition coefficient (Wildman–Crippen LogP) is 2.38. The van der Waals surface area contributed by atoms with Crippen LogP contribution >= 0.6 is 28.3 Å². The Morgan fingerprint density at radius 3 is 2.65 bits per heavy atom. The van der Waals surface area contributed by atoms with Gasteiger partial charge in [0, 0.05) is 26.2 Å². The highest BCUT2D eigenvalue weighted by atomic mass is 79.9. The van der Waals surface area contributed by atoms with Crippen LogP contribution in [-0.4, -0.2) is 43.1 Å². The maximum absolute atomic E-state index is 12.2. The molecule has 0 spiro atoms. The fraction of sp³-hybridized carbons (Fsp3) is 0.500. The molecule has 0 aromatic heterocycles. The molecule has 6 heteroatoms. The normalized spacial score (nSPS) is 16.2. The van der Waals surface area contributed by atoms with Gasteiger partial charge in [-0.3, -0.25) is 4.79 Å². The van der Waals surface area contributed by atoms with E-state index in [0.717, 1.165) is 36.2 Å². The molecule has 112 valence electrons. The number of ether oxygens (including phenoxy) is 1. The second kappa shape index (κ2) is 7.86. The molecular formula is C14H20BrClN2O2. The number of rotatable bonds is 3. The number of piperazine rings is 1. The molecule has 1 aliphatic rings. The van der Waals surface area contributed by atoms with Gasteiger partial charge < -0.3 is 15.0 Å². The summed E-state index contributed by atoms with van der Waals surface area (Å²) in [6, 6.07) is 5.85. The fourth-order valence-corrected chi connectivity index (χ4v) is 2.67. The van der Waals surface area contributed by atoms with E-state index in [-0.39, 0.29) is 18.3 Å². The maximum atomic E-state index is 12.2. The first-order chi connectivity index (χ1) is 9.08. The number of halogens is 2. The van der Waals surface area contributed by atoms with Crippen molar-refractivity contribution < 1.29 is 9.53 Å². The molecule has 1 amide bonds. The van der Waals surface area contributed by atoms with Crippen LogP contribution in [0, 0.1) is 6.92 Å². The standard InChI is InChI=1S/C14H19BrN2O2.ClH/c1-10-3-4-13(12(15)9-10)19-11(2)14(18)17-7-5-16-6-8-17;/h3-4,9,11,16H,5-8H2,1-2H3;1H. The number of aryl methyl sites for hydroxylation is 1. The summed E-state index contributed by atoms with van der Waals surface area (Å²) in [6.07, 6.45) is -0.461. The molecule has 1 saturated heterocycles. The lowest BCUT2D eigenvalue weighted by molar-refractivity contribution is -0.138. The van der Waals surface area contributed by atoms with Gasteiger partial charge in [-0.2, -0.15) is 0 Å². The smallest absolute Gasteiger partial charge is 0.263 e. The van der Waals surface area contributed by atoms with Crippen LogP contribution in [0.5, 0.6) is 5.75 Å². The minimum absolute atomic E-state index is 0. The third kappa shape index (κ3) is 4.36. The first-order valence-electron chi connectivity index (χ1n) is 6.50. The number of carbonyl (C=O) groups is 1. The Morgan fingerprint density at radius 1 is 1.40 bits per heavy atom. The van der Waals surface area contributed by atoms with E-state index in [2.05, 4.69) is 21.2 Å². The van der Waals surface area contributed by atoms with E-state index >= 15 is 0 Å². The Morgan fingerprint density at radius 2 is 2.05 bits per heavy atom. The summed E-state index contributed by atoms with van der Waals surface area (Å²) in [5, 5.41) is 3.23. The quantitative estimate of drug-likeness (QED) is 0.896. The summed E-state index contributed by atoms with van der Waals surface area (Å²) in [7, 11) is 0. The lowest BCUT2D eigenvalue weighted by Gasteiger charge is -2.29. The van der Waals surface area contributed by atoms with Crippen LogP contribution in [0.15, 0.2) is 22.7 Å². The zero-order valence-electron chi connectivity index (χ0n) is 11.7. The van der Waals surface area contributed by atoms with Gasteiger partial charge in [-0.15, -0.1) is 12.4 Å². The highest BCUT2D eigenvalue weighted by molar-refractivity contribution is 9.10. The van der Waals surface area contributed by atoms with E-state index < -0.39 is 6.10 Å². The van der Waals surface area contributed by atoms with E-state index in [1.165, 1.54) is 0 Å². The van der Waals surface area contributed by atoms with Crippen molar-refractivity contribution in [1.82, 2.24) is 10.2 Å². The lowest BCUT2D eigenvalue weighted by Crippen LogP contribution is -2.50. The molecular weight excluding hydrogens is 344 g/mol. The van der Waals surface area contributed by atoms with Crippen molar-refractivity contribution in [3.63, 3.8) is 0 Å². The molecule has 0 saturated carbocycles. The van der Waals surface area contributed by atoms with E-state index in [9.17, 15) is 4.79 Å². The Kier molecular flexibility index (Phi) is 6.79. The first kappa shape index (κ1) is 17.3. The van der Waals surface area contributed by atoms with Gasteiger partial charge in [0.15, 0.2) is 6.10 Å². The van der Waals surface area contributed by atoms with Crippen molar-refractivity contribution in [2.24, 2.45) is 0 Å². The molecule has 1 aromatic carbocycles. The second-order valence-corrected chi connectivity index (χ2v) is 5.62. The Hall–Kier alpha value is -0.780. The Bertz CT molecular complexity index is 464. The zero-order valence-corrected chi connectivity index (χ0v) is 14.1. The number of carbonyl (C=O) groups excluding carboxylic acids is 1. The topological polar surface area (TPSA) is 41.6 Å². The fourth-order valence-electron chi connectivity index (χ4n) is 2.08. The van der Waals surface area contributed by atoms with Gasteiger partial charge in [-0.1, -0.05) is 6.07 Å². The molecule has 1 fully saturated rings. The van der Waals surface area contributed by atoms with Crippen molar-refractivity contribution in [2.75, 3.05) is 26.2 Å². The van der Waals surface area contributed by atoms with Crippen LogP contribution in [0.1, 0.15) is 12.5 Å². The molecule has 0 bridgehead atoms. The number of hydrogen-bond donors (Lipinski definition) is 1. The van der Waals surface area contributed by atoms with Crippen LogP contribution in [0.2, 0.25) is 0 Å². The number of amides is 1. The maximum Gasteiger partial charge on any atom is 0.263 e. The van der Waals surface area contributed by atoms with Gasteiger partial charge in [-0.05, 0) is 47.5 Å². The second-order valence-electron chi connectivity index (χ2n) is 4.77. The monoisotopic (exact) mass is 362 g/mol. The number of hydrogen-bond acceptors (Lipinski definition) is 3. The lowest BCUT2D eigenvalue weighted by atomic mass is 10.2. The third-order valence-corrected chi connectivity index (χ3v) is 3.79. The SMILES string of the molecule is Cc1ccc(OC(C)C(=O)N2CCNCC2)c(Br)c1.Cl. The van der Waals surface area contributed by atoms with Crippen molar-refractivity contribution in [1.29, 1.82) is 0 Å². The van der Waals surface area contributed by atoms with E-state index in [0.29, 0.717) is 5.75 Å². The number of nitrogens with one attached hydrogen (secondary N) is 1. The molecule has 20 heavy (non-hydrogen) atoms. The number of nitrogens with zero attached hydrogens (tertiary/aromatic N) is 1. The highest BCUT2D eigenvalue weighted by Gasteiger charge is 2.23. The van der Waals surface area contributed by atoms with Crippen molar-refractivity contribution in [2.45, 2.75) is 20.0 Å². The Balaban J connectivity index is 0.00000200. The summed E-state index contributed by atoms with van der Waals surface area (Å²) in [5.41, 5.74) is 1.15. The summed E-state index contributed by atoms with van der Waals surface area (Å²) >= 11 is 3.46. The molecule has 1 aromatic rings. The molecule has 4 nitrogen and oxygen atoms in total. The van der Waals surface area contributed by atoms with Crippen LogP contribution in [0.4, 0.5) is 0 Å². The first-order valence-corrected chi connectivity index (χ1v) is 7.29. The van der Waals surface area contributed by atoms with Crippen LogP contribution in [0.3, 0.4) is 0 Å². The van der Waals surface area contributed by atoms with Crippen LogP contribution < -0.4 is 10.1 Å². The van der Waals surface area contributed by atoms with Gasteiger partial charge in [0.1, 0.15) is 5.75 Å². The van der Waals surface area contributed by atoms with Crippen LogP contribution in [-0.2, 0) is 4.79 Å². The molecule has 1 unspecified atom stereocenters.